The number of esters is 1. The second-order valence-corrected chi connectivity index (χ2v) is 9.74. The van der Waals surface area contributed by atoms with E-state index in [0.29, 0.717) is 6.42 Å². The molecule has 3 aliphatic rings. The lowest BCUT2D eigenvalue weighted by Gasteiger charge is -2.43. The Morgan fingerprint density at radius 1 is 1.03 bits per heavy atom. The fourth-order valence-electron chi connectivity index (χ4n) is 4.72. The molecular formula is C25H40O6. The van der Waals surface area contributed by atoms with Gasteiger partial charge in [-0.3, -0.25) is 4.79 Å². The van der Waals surface area contributed by atoms with Crippen molar-refractivity contribution in [3.63, 3.8) is 0 Å². The maximum atomic E-state index is 11.6. The quantitative estimate of drug-likeness (QED) is 0.164. The number of hydrogen-bond acceptors (Lipinski definition) is 6. The third-order valence-electron chi connectivity index (χ3n) is 6.50. The van der Waals surface area contributed by atoms with Crippen molar-refractivity contribution in [3.8, 4) is 0 Å². The highest BCUT2D eigenvalue weighted by Gasteiger charge is 2.55. The maximum Gasteiger partial charge on any atom is 0.309 e. The van der Waals surface area contributed by atoms with Crippen molar-refractivity contribution in [3.05, 3.63) is 24.3 Å². The highest BCUT2D eigenvalue weighted by molar-refractivity contribution is 5.73. The van der Waals surface area contributed by atoms with Crippen LogP contribution in [0.25, 0.3) is 0 Å². The first-order valence-corrected chi connectivity index (χ1v) is 12.2. The van der Waals surface area contributed by atoms with Crippen LogP contribution in [-0.4, -0.2) is 35.5 Å². The number of allylic oxidation sites excluding steroid dienone is 1. The Morgan fingerprint density at radius 3 is 2.55 bits per heavy atom. The predicted molar refractivity (Wildman–Crippen MR) is 118 cm³/mol. The van der Waals surface area contributed by atoms with Gasteiger partial charge in [0.15, 0.2) is 0 Å². The molecule has 0 aromatic carbocycles. The average molecular weight is 437 g/mol. The molecule has 6 nitrogen and oxygen atoms in total. The second kappa shape index (κ2) is 11.6. The molecule has 0 aromatic rings. The first-order chi connectivity index (χ1) is 14.9. The highest BCUT2D eigenvalue weighted by atomic mass is 17.2. The molecule has 176 valence electrons. The van der Waals surface area contributed by atoms with Crippen LogP contribution in [-0.2, 0) is 29.1 Å². The van der Waals surface area contributed by atoms with Gasteiger partial charge in [-0.15, -0.1) is 0 Å². The summed E-state index contributed by atoms with van der Waals surface area (Å²) >= 11 is 0. The van der Waals surface area contributed by atoms with E-state index in [1.54, 1.807) is 0 Å². The molecule has 3 rings (SSSR count). The number of carbonyl (C=O) groups is 1. The Kier molecular flexibility index (Phi) is 9.14. The molecule has 0 saturated carbocycles. The van der Waals surface area contributed by atoms with Crippen LogP contribution >= 0.6 is 0 Å². The van der Waals surface area contributed by atoms with Gasteiger partial charge in [0.25, 0.3) is 0 Å². The number of ether oxygens (including phenoxy) is 1. The third-order valence-corrected chi connectivity index (χ3v) is 6.50. The number of unbranched alkanes of at least 4 members (excludes halogenated alkanes) is 6. The number of rotatable bonds is 12. The average Bonchev–Trinajstić information content (AvgIpc) is 3.03. The smallest absolute Gasteiger partial charge is 0.309 e. The van der Waals surface area contributed by atoms with Crippen molar-refractivity contribution in [2.75, 3.05) is 0 Å². The number of fused-ring (bicyclic) bond motifs is 1. The molecule has 2 saturated heterocycles. The predicted octanol–water partition coefficient (Wildman–Crippen LogP) is 5.90. The maximum absolute atomic E-state index is 11.6. The highest BCUT2D eigenvalue weighted by Crippen LogP contribution is 2.44. The summed E-state index contributed by atoms with van der Waals surface area (Å²) in [7, 11) is 0. The number of hydrogen-bond donors (Lipinski definition) is 0. The Bertz CT molecular complexity index is 632. The molecule has 0 aromatic heterocycles. The minimum Gasteiger partial charge on any atom is -0.456 e. The van der Waals surface area contributed by atoms with Crippen LogP contribution in [0.3, 0.4) is 0 Å². The lowest BCUT2D eigenvalue weighted by atomic mass is 9.82. The van der Waals surface area contributed by atoms with Crippen LogP contribution in [0, 0.1) is 0 Å². The van der Waals surface area contributed by atoms with Gasteiger partial charge < -0.3 is 4.74 Å². The molecule has 0 N–H and O–H groups in total. The minimum absolute atomic E-state index is 0.0441. The summed E-state index contributed by atoms with van der Waals surface area (Å²) in [5.41, 5.74) is -0.931. The molecule has 0 spiro atoms. The third kappa shape index (κ3) is 7.41. The van der Waals surface area contributed by atoms with E-state index in [9.17, 15) is 4.79 Å². The summed E-state index contributed by atoms with van der Waals surface area (Å²) in [6.45, 7) is 6.19. The summed E-state index contributed by atoms with van der Waals surface area (Å²) in [6.07, 6.45) is 20.4. The van der Waals surface area contributed by atoms with Crippen molar-refractivity contribution in [2.24, 2.45) is 0 Å². The van der Waals surface area contributed by atoms with Gasteiger partial charge in [0.2, 0.25) is 0 Å². The Balaban J connectivity index is 1.21. The summed E-state index contributed by atoms with van der Waals surface area (Å²) in [4.78, 5) is 33.7. The molecule has 0 bridgehead atoms. The van der Waals surface area contributed by atoms with Crippen LogP contribution in [0.4, 0.5) is 0 Å². The first-order valence-electron chi connectivity index (χ1n) is 12.2. The van der Waals surface area contributed by atoms with E-state index >= 15 is 0 Å². The van der Waals surface area contributed by atoms with Gasteiger partial charge >= 0.3 is 5.97 Å². The molecule has 0 radical (unpaired) electrons. The summed E-state index contributed by atoms with van der Waals surface area (Å²) in [6, 6.07) is 0. The molecule has 3 heterocycles. The van der Waals surface area contributed by atoms with Crippen molar-refractivity contribution >= 4 is 5.97 Å². The van der Waals surface area contributed by atoms with E-state index in [4.69, 9.17) is 24.3 Å². The molecular weight excluding hydrogens is 396 g/mol. The van der Waals surface area contributed by atoms with E-state index in [1.807, 2.05) is 6.92 Å². The van der Waals surface area contributed by atoms with Gasteiger partial charge in [-0.25, -0.2) is 19.6 Å². The summed E-state index contributed by atoms with van der Waals surface area (Å²) in [5, 5.41) is 0. The van der Waals surface area contributed by atoms with E-state index < -0.39 is 5.60 Å². The first kappa shape index (κ1) is 24.4. The summed E-state index contributed by atoms with van der Waals surface area (Å²) < 4.78 is 5.53. The second-order valence-electron chi connectivity index (χ2n) is 9.74. The minimum atomic E-state index is -0.546. The lowest BCUT2D eigenvalue weighted by Crippen LogP contribution is -2.51. The Labute approximate surface area is 187 Å². The van der Waals surface area contributed by atoms with Crippen LogP contribution in [0.15, 0.2) is 24.3 Å². The zero-order valence-electron chi connectivity index (χ0n) is 19.5. The van der Waals surface area contributed by atoms with Gasteiger partial charge in [-0.1, -0.05) is 76.2 Å². The lowest BCUT2D eigenvalue weighted by molar-refractivity contribution is -0.428. The molecule has 6 heteroatoms. The fourth-order valence-corrected chi connectivity index (χ4v) is 4.72. The van der Waals surface area contributed by atoms with Gasteiger partial charge in [-0.05, 0) is 33.1 Å². The monoisotopic (exact) mass is 436 g/mol. The van der Waals surface area contributed by atoms with Crippen molar-refractivity contribution < 1.29 is 29.1 Å². The molecule has 5 atom stereocenters. The van der Waals surface area contributed by atoms with E-state index in [-0.39, 0.29) is 36.3 Å². The van der Waals surface area contributed by atoms with Gasteiger partial charge in [-0.2, -0.15) is 0 Å². The number of carbonyl (C=O) groups excluding carboxylic acids is 1. The Hall–Kier alpha value is -1.21. The van der Waals surface area contributed by atoms with Crippen molar-refractivity contribution in [2.45, 2.75) is 127 Å². The molecule has 0 aliphatic carbocycles. The van der Waals surface area contributed by atoms with Crippen LogP contribution < -0.4 is 0 Å². The van der Waals surface area contributed by atoms with Crippen molar-refractivity contribution in [1.29, 1.82) is 0 Å². The molecule has 3 aliphatic heterocycles. The van der Waals surface area contributed by atoms with Gasteiger partial charge in [0.05, 0.1) is 6.42 Å². The van der Waals surface area contributed by atoms with Crippen molar-refractivity contribution in [1.82, 2.24) is 0 Å². The fraction of sp³-hybridized carbons (Fsp3) is 0.800. The SMILES string of the molecule is CCC/C=C\C1C=CC(CCCCCCCC[C@@]2(C)C[C@]3(C)OC(=O)C[C@@H]3OO2)OO1. The van der Waals surface area contributed by atoms with Crippen LogP contribution in [0.2, 0.25) is 0 Å². The van der Waals surface area contributed by atoms with E-state index in [2.05, 4.69) is 38.2 Å². The van der Waals surface area contributed by atoms with Crippen LogP contribution in [0.1, 0.15) is 97.8 Å². The van der Waals surface area contributed by atoms with E-state index in [1.165, 1.54) is 25.7 Å². The summed E-state index contributed by atoms with van der Waals surface area (Å²) in [5.74, 6) is -0.190. The standard InChI is InChI=1S/C25H40O6/c1-4-5-10-13-20-15-16-21(29-28-20)14-11-8-6-7-9-12-17-24(2)19-25(3)22(30-31-24)18-23(26)27-25/h10,13,15-16,20-22H,4-9,11-12,14,17-19H2,1-3H3/b13-10-/t20?,21?,22-,24-,25-/m0/s1. The normalized spacial score (nSPS) is 35.5. The van der Waals surface area contributed by atoms with Gasteiger partial charge in [0.1, 0.15) is 29.5 Å². The molecule has 0 amide bonds. The van der Waals surface area contributed by atoms with E-state index in [0.717, 1.165) is 38.5 Å². The molecule has 2 fully saturated rings. The molecule has 2 unspecified atom stereocenters. The zero-order chi connectivity index (χ0) is 22.2. The molecule has 31 heavy (non-hydrogen) atoms. The van der Waals surface area contributed by atoms with Crippen LogP contribution in [0.5, 0.6) is 0 Å². The van der Waals surface area contributed by atoms with Gasteiger partial charge in [0, 0.05) is 6.42 Å². The topological polar surface area (TPSA) is 63.2 Å². The zero-order valence-corrected chi connectivity index (χ0v) is 19.5. The Morgan fingerprint density at radius 2 is 1.81 bits per heavy atom. The largest absolute Gasteiger partial charge is 0.456 e.